The molecule has 1 aromatic heterocycles. The zero-order valence-electron chi connectivity index (χ0n) is 12.1. The van der Waals surface area contributed by atoms with Gasteiger partial charge in [-0.3, -0.25) is 0 Å². The average Bonchev–Trinajstić information content (AvgIpc) is 2.85. The maximum Gasteiger partial charge on any atom is 0.243 e. The molecule has 0 aliphatic heterocycles. The fraction of sp³-hybridized carbons (Fsp3) is 0.800. The maximum atomic E-state index is 5.48. The van der Waals surface area contributed by atoms with Gasteiger partial charge in [0, 0.05) is 5.75 Å². The van der Waals surface area contributed by atoms with Gasteiger partial charge >= 0.3 is 0 Å². The summed E-state index contributed by atoms with van der Waals surface area (Å²) in [5.41, 5.74) is 5.48. The van der Waals surface area contributed by atoms with Gasteiger partial charge in [0.15, 0.2) is 0 Å². The summed E-state index contributed by atoms with van der Waals surface area (Å²) in [5.74, 6) is 0.902. The highest BCUT2D eigenvalue weighted by Crippen LogP contribution is 2.08. The van der Waals surface area contributed by atoms with Crippen molar-refractivity contribution in [2.24, 2.45) is 5.73 Å². The van der Waals surface area contributed by atoms with Crippen LogP contribution in [0.5, 0.6) is 0 Å². The number of hydrogen-bond donors (Lipinski definition) is 2. The highest BCUT2D eigenvalue weighted by atomic mass is 32.1. The lowest BCUT2D eigenvalue weighted by Gasteiger charge is -2.01. The minimum atomic E-state index is 0.851. The zero-order valence-corrected chi connectivity index (χ0v) is 13.0. The predicted molar refractivity (Wildman–Crippen MR) is 84.5 cm³/mol. The first-order valence-electron chi connectivity index (χ1n) is 7.72. The normalized spacial score (nSPS) is 11.1. The SMILES string of the molecule is NCCCCCCCCCC[n+]1ccn(CCS)c1. The van der Waals surface area contributed by atoms with E-state index in [1.54, 1.807) is 0 Å². The van der Waals surface area contributed by atoms with E-state index in [0.29, 0.717) is 0 Å². The minimum absolute atomic E-state index is 0.851. The summed E-state index contributed by atoms with van der Waals surface area (Å²) < 4.78 is 4.48. The summed E-state index contributed by atoms with van der Waals surface area (Å²) in [6.45, 7) is 3.00. The molecular weight excluding hydrogens is 254 g/mol. The van der Waals surface area contributed by atoms with E-state index < -0.39 is 0 Å². The van der Waals surface area contributed by atoms with Crippen molar-refractivity contribution in [1.29, 1.82) is 0 Å². The van der Waals surface area contributed by atoms with Crippen molar-refractivity contribution in [3.8, 4) is 0 Å². The number of imidazole rings is 1. The standard InChI is InChI=1S/C15H29N3S/c16-9-7-5-3-1-2-4-6-8-10-17-11-12-18(15-17)13-14-19/h11-12,15H,1-10,13-14,16H2/p+1. The van der Waals surface area contributed by atoms with Crippen LogP contribution >= 0.6 is 12.6 Å². The second kappa shape index (κ2) is 11.4. The third-order valence-electron chi connectivity index (χ3n) is 3.47. The predicted octanol–water partition coefficient (Wildman–Crippen LogP) is 2.78. The van der Waals surface area contributed by atoms with Crippen LogP contribution in [0.25, 0.3) is 0 Å². The maximum absolute atomic E-state index is 5.48. The Morgan fingerprint density at radius 2 is 1.58 bits per heavy atom. The van der Waals surface area contributed by atoms with Crippen LogP contribution in [0.4, 0.5) is 0 Å². The molecule has 19 heavy (non-hydrogen) atoms. The van der Waals surface area contributed by atoms with E-state index in [9.17, 15) is 0 Å². The number of rotatable bonds is 12. The van der Waals surface area contributed by atoms with Gasteiger partial charge in [-0.1, -0.05) is 32.1 Å². The van der Waals surface area contributed by atoms with Crippen LogP contribution in [0.1, 0.15) is 51.4 Å². The molecule has 1 heterocycles. The van der Waals surface area contributed by atoms with Crippen LogP contribution in [0.3, 0.4) is 0 Å². The second-order valence-corrected chi connectivity index (χ2v) is 5.68. The lowest BCUT2D eigenvalue weighted by atomic mass is 10.1. The van der Waals surface area contributed by atoms with Crippen molar-refractivity contribution >= 4 is 12.6 Å². The fourth-order valence-electron chi connectivity index (χ4n) is 2.32. The molecule has 1 aromatic rings. The molecule has 0 aliphatic rings. The van der Waals surface area contributed by atoms with Crippen molar-refractivity contribution in [2.45, 2.75) is 64.5 Å². The van der Waals surface area contributed by atoms with E-state index in [4.69, 9.17) is 5.73 Å². The van der Waals surface area contributed by atoms with Gasteiger partial charge < -0.3 is 5.73 Å². The Labute approximate surface area is 123 Å². The summed E-state index contributed by atoms with van der Waals surface area (Å²) in [5, 5.41) is 0. The summed E-state index contributed by atoms with van der Waals surface area (Å²) in [4.78, 5) is 0. The van der Waals surface area contributed by atoms with Gasteiger partial charge in [-0.15, -0.1) is 0 Å². The van der Waals surface area contributed by atoms with E-state index in [1.807, 2.05) is 0 Å². The van der Waals surface area contributed by atoms with E-state index in [0.717, 1.165) is 25.4 Å². The molecule has 0 saturated carbocycles. The van der Waals surface area contributed by atoms with E-state index in [-0.39, 0.29) is 0 Å². The minimum Gasteiger partial charge on any atom is -0.330 e. The van der Waals surface area contributed by atoms with Crippen LogP contribution in [0, 0.1) is 0 Å². The van der Waals surface area contributed by atoms with Crippen LogP contribution in [-0.4, -0.2) is 16.9 Å². The summed E-state index contributed by atoms with van der Waals surface area (Å²) in [6.07, 6.45) is 17.1. The second-order valence-electron chi connectivity index (χ2n) is 5.23. The van der Waals surface area contributed by atoms with Crippen molar-refractivity contribution in [1.82, 2.24) is 4.57 Å². The van der Waals surface area contributed by atoms with E-state index >= 15 is 0 Å². The first kappa shape index (κ1) is 16.6. The van der Waals surface area contributed by atoms with Gasteiger partial charge in [-0.25, -0.2) is 9.13 Å². The first-order chi connectivity index (χ1) is 9.36. The average molecular weight is 284 g/mol. The molecule has 4 heteroatoms. The molecule has 0 saturated heterocycles. The number of thiol groups is 1. The molecule has 2 N–H and O–H groups in total. The van der Waals surface area contributed by atoms with Gasteiger partial charge in [-0.05, 0) is 25.8 Å². The van der Waals surface area contributed by atoms with Gasteiger partial charge in [0.1, 0.15) is 12.4 Å². The zero-order chi connectivity index (χ0) is 13.8. The number of nitrogens with two attached hydrogens (primary N) is 1. The van der Waals surface area contributed by atoms with Gasteiger partial charge in [0.2, 0.25) is 6.33 Å². The molecule has 0 bridgehead atoms. The highest BCUT2D eigenvalue weighted by Gasteiger charge is 2.02. The quantitative estimate of drug-likeness (QED) is 0.345. The highest BCUT2D eigenvalue weighted by molar-refractivity contribution is 7.80. The Hall–Kier alpha value is -0.480. The number of aryl methyl sites for hydroxylation is 2. The van der Waals surface area contributed by atoms with Crippen LogP contribution in [0.2, 0.25) is 0 Å². The topological polar surface area (TPSA) is 34.8 Å². The third-order valence-corrected chi connectivity index (χ3v) is 3.67. The lowest BCUT2D eigenvalue weighted by molar-refractivity contribution is -0.696. The van der Waals surface area contributed by atoms with Gasteiger partial charge in [0.05, 0.1) is 13.1 Å². The molecule has 110 valence electrons. The Bertz CT molecular complexity index is 312. The Morgan fingerprint density at radius 1 is 0.947 bits per heavy atom. The van der Waals surface area contributed by atoms with Crippen LogP contribution in [0.15, 0.2) is 18.7 Å². The number of aromatic nitrogens is 2. The number of hydrogen-bond acceptors (Lipinski definition) is 2. The molecule has 0 aliphatic carbocycles. The smallest absolute Gasteiger partial charge is 0.243 e. The Balaban J connectivity index is 1.92. The monoisotopic (exact) mass is 284 g/mol. The van der Waals surface area contributed by atoms with E-state index in [2.05, 4.69) is 40.5 Å². The summed E-state index contributed by atoms with van der Waals surface area (Å²) in [7, 11) is 0. The van der Waals surface area contributed by atoms with Gasteiger partial charge in [-0.2, -0.15) is 12.6 Å². The van der Waals surface area contributed by atoms with Crippen LogP contribution < -0.4 is 10.3 Å². The molecule has 0 radical (unpaired) electrons. The lowest BCUT2D eigenvalue weighted by Crippen LogP contribution is -2.30. The van der Waals surface area contributed by atoms with Crippen LogP contribution in [-0.2, 0) is 13.1 Å². The molecule has 0 fully saturated rings. The first-order valence-corrected chi connectivity index (χ1v) is 8.36. The summed E-state index contributed by atoms with van der Waals surface area (Å²) in [6, 6.07) is 0. The largest absolute Gasteiger partial charge is 0.330 e. The summed E-state index contributed by atoms with van der Waals surface area (Å²) >= 11 is 4.24. The molecular formula is C15H30N3S+. The van der Waals surface area contributed by atoms with Crippen molar-refractivity contribution in [3.63, 3.8) is 0 Å². The van der Waals surface area contributed by atoms with Crippen molar-refractivity contribution in [2.75, 3.05) is 12.3 Å². The fourth-order valence-corrected chi connectivity index (χ4v) is 2.55. The Kier molecular flexibility index (Phi) is 9.91. The van der Waals surface area contributed by atoms with Crippen molar-refractivity contribution < 1.29 is 4.57 Å². The molecule has 0 spiro atoms. The number of unbranched alkanes of at least 4 members (excludes halogenated alkanes) is 7. The molecule has 3 nitrogen and oxygen atoms in total. The molecule has 0 aromatic carbocycles. The third kappa shape index (κ3) is 8.32. The molecule has 1 rings (SSSR count). The molecule has 0 atom stereocenters. The Morgan fingerprint density at radius 3 is 2.21 bits per heavy atom. The molecule has 0 amide bonds. The molecule has 0 unspecified atom stereocenters. The van der Waals surface area contributed by atoms with Gasteiger partial charge in [0.25, 0.3) is 0 Å². The van der Waals surface area contributed by atoms with Crippen molar-refractivity contribution in [3.05, 3.63) is 18.7 Å². The van der Waals surface area contributed by atoms with E-state index in [1.165, 1.54) is 51.4 Å². The number of nitrogens with zero attached hydrogens (tertiary/aromatic N) is 2.